The average molecular weight is 260 g/mol. The normalized spacial score (nSPS) is 12.9. The van der Waals surface area contributed by atoms with Gasteiger partial charge in [0.15, 0.2) is 0 Å². The van der Waals surface area contributed by atoms with Crippen LogP contribution in [-0.2, 0) is 0 Å². The number of aromatic nitrogens is 1. The number of rotatable bonds is 2. The van der Waals surface area contributed by atoms with Crippen LogP contribution in [0, 0.1) is 0 Å². The number of hydrogen-bond donors (Lipinski definition) is 1. The fourth-order valence-electron chi connectivity index (χ4n) is 0.936. The van der Waals surface area contributed by atoms with E-state index in [9.17, 15) is 26.3 Å². The average Bonchev–Trinajstić information content (AvgIpc) is 2.10. The summed E-state index contributed by atoms with van der Waals surface area (Å²) in [5.74, 6) is -1.09. The van der Waals surface area contributed by atoms with Crippen molar-refractivity contribution in [3.05, 3.63) is 18.2 Å². The molecule has 3 nitrogen and oxygen atoms in total. The molecule has 0 saturated carbocycles. The molecule has 0 spiro atoms. The summed E-state index contributed by atoms with van der Waals surface area (Å²) in [6.45, 7) is 0. The summed E-state index contributed by atoms with van der Waals surface area (Å²) in [6.07, 6.45) is -15.1. The smallest absolute Gasteiger partial charge is 0.434 e. The van der Waals surface area contributed by atoms with E-state index < -0.39 is 24.3 Å². The third kappa shape index (κ3) is 3.68. The lowest BCUT2D eigenvalue weighted by molar-refractivity contribution is -0.300. The molecule has 17 heavy (non-hydrogen) atoms. The molecule has 0 saturated heterocycles. The zero-order valence-electron chi connectivity index (χ0n) is 8.01. The first-order chi connectivity index (χ1) is 7.60. The van der Waals surface area contributed by atoms with Gasteiger partial charge in [0.05, 0.1) is 0 Å². The molecule has 0 bridgehead atoms. The molecule has 0 aliphatic rings. The molecule has 0 aliphatic heterocycles. The Labute approximate surface area is 91.2 Å². The van der Waals surface area contributed by atoms with Crippen LogP contribution in [0.15, 0.2) is 18.2 Å². The van der Waals surface area contributed by atoms with Gasteiger partial charge in [0.2, 0.25) is 5.88 Å². The SMILES string of the molecule is Nc1cccc(OC(C(F)(F)F)C(F)(F)F)n1. The minimum absolute atomic E-state index is 0.245. The van der Waals surface area contributed by atoms with E-state index in [0.717, 1.165) is 12.1 Å². The molecule has 1 aromatic heterocycles. The van der Waals surface area contributed by atoms with Crippen LogP contribution in [0.5, 0.6) is 5.88 Å². The highest BCUT2D eigenvalue weighted by Gasteiger charge is 2.59. The lowest BCUT2D eigenvalue weighted by Gasteiger charge is -2.23. The van der Waals surface area contributed by atoms with E-state index in [4.69, 9.17) is 5.73 Å². The Bertz CT molecular complexity index is 374. The fourth-order valence-corrected chi connectivity index (χ4v) is 0.936. The molecule has 0 atom stereocenters. The van der Waals surface area contributed by atoms with Gasteiger partial charge in [0, 0.05) is 6.07 Å². The van der Waals surface area contributed by atoms with Crippen LogP contribution >= 0.6 is 0 Å². The summed E-state index contributed by atoms with van der Waals surface area (Å²) in [5, 5.41) is 0. The summed E-state index contributed by atoms with van der Waals surface area (Å²) in [5.41, 5.74) is 5.10. The number of pyridine rings is 1. The summed E-state index contributed by atoms with van der Waals surface area (Å²) < 4.78 is 76.4. The Morgan fingerprint density at radius 1 is 1.06 bits per heavy atom. The summed E-state index contributed by atoms with van der Waals surface area (Å²) in [4.78, 5) is 3.20. The van der Waals surface area contributed by atoms with Crippen LogP contribution in [0.25, 0.3) is 0 Å². The largest absolute Gasteiger partial charge is 0.455 e. The predicted molar refractivity (Wildman–Crippen MR) is 45.2 cm³/mol. The Hall–Kier alpha value is -1.67. The summed E-state index contributed by atoms with van der Waals surface area (Å²) >= 11 is 0. The van der Waals surface area contributed by atoms with Crippen molar-refractivity contribution in [3.8, 4) is 5.88 Å². The van der Waals surface area contributed by atoms with E-state index in [1.165, 1.54) is 6.07 Å². The summed E-state index contributed by atoms with van der Waals surface area (Å²) in [6, 6.07) is 3.17. The van der Waals surface area contributed by atoms with Crippen molar-refractivity contribution in [2.24, 2.45) is 0 Å². The molecule has 9 heteroatoms. The number of halogens is 6. The Morgan fingerprint density at radius 2 is 1.59 bits per heavy atom. The van der Waals surface area contributed by atoms with Crippen molar-refractivity contribution in [1.29, 1.82) is 0 Å². The van der Waals surface area contributed by atoms with Gasteiger partial charge in [-0.05, 0) is 6.07 Å². The molecule has 1 aromatic rings. The second-order valence-electron chi connectivity index (χ2n) is 2.98. The van der Waals surface area contributed by atoms with Crippen LogP contribution in [0.3, 0.4) is 0 Å². The van der Waals surface area contributed by atoms with Gasteiger partial charge in [-0.2, -0.15) is 31.3 Å². The van der Waals surface area contributed by atoms with Gasteiger partial charge in [-0.25, -0.2) is 0 Å². The second-order valence-corrected chi connectivity index (χ2v) is 2.98. The Balaban J connectivity index is 2.96. The molecule has 2 N–H and O–H groups in total. The van der Waals surface area contributed by atoms with Crippen LogP contribution in [0.2, 0.25) is 0 Å². The maximum Gasteiger partial charge on any atom is 0.434 e. The molecular formula is C8H6F6N2O. The topological polar surface area (TPSA) is 48.1 Å². The van der Waals surface area contributed by atoms with E-state index >= 15 is 0 Å². The number of ether oxygens (including phenoxy) is 1. The highest BCUT2D eigenvalue weighted by molar-refractivity contribution is 5.31. The van der Waals surface area contributed by atoms with Crippen molar-refractivity contribution in [2.75, 3.05) is 5.73 Å². The van der Waals surface area contributed by atoms with E-state index in [0.29, 0.717) is 0 Å². The zero-order valence-corrected chi connectivity index (χ0v) is 8.01. The number of hydrogen-bond acceptors (Lipinski definition) is 3. The van der Waals surface area contributed by atoms with Gasteiger partial charge in [-0.3, -0.25) is 0 Å². The standard InChI is InChI=1S/C8H6F6N2O/c9-7(10,11)6(8(12,13)14)17-5-3-1-2-4(15)16-5/h1-3,6H,(H2,15,16). The lowest BCUT2D eigenvalue weighted by Crippen LogP contribution is -2.46. The van der Waals surface area contributed by atoms with Crippen LogP contribution in [0.4, 0.5) is 32.2 Å². The maximum atomic E-state index is 12.1. The number of nitrogens with zero attached hydrogens (tertiary/aromatic N) is 1. The minimum Gasteiger partial charge on any atom is -0.455 e. The maximum absolute atomic E-state index is 12.1. The van der Waals surface area contributed by atoms with Gasteiger partial charge in [-0.15, -0.1) is 0 Å². The molecule has 0 aromatic carbocycles. The first-order valence-corrected chi connectivity index (χ1v) is 4.13. The number of anilines is 1. The van der Waals surface area contributed by atoms with Crippen molar-refractivity contribution < 1.29 is 31.1 Å². The Morgan fingerprint density at radius 3 is 2.00 bits per heavy atom. The third-order valence-electron chi connectivity index (χ3n) is 1.58. The first-order valence-electron chi connectivity index (χ1n) is 4.13. The van der Waals surface area contributed by atoms with Gasteiger partial charge in [0.1, 0.15) is 5.82 Å². The van der Waals surface area contributed by atoms with Crippen LogP contribution < -0.4 is 10.5 Å². The van der Waals surface area contributed by atoms with Crippen LogP contribution in [-0.4, -0.2) is 23.4 Å². The van der Waals surface area contributed by atoms with Crippen molar-refractivity contribution >= 4 is 5.82 Å². The van der Waals surface area contributed by atoms with E-state index in [-0.39, 0.29) is 5.82 Å². The molecule has 96 valence electrons. The molecule has 0 amide bonds. The molecule has 0 unspecified atom stereocenters. The molecular weight excluding hydrogens is 254 g/mol. The predicted octanol–water partition coefficient (Wildman–Crippen LogP) is 2.54. The minimum atomic E-state index is -5.58. The van der Waals surface area contributed by atoms with E-state index in [1.54, 1.807) is 0 Å². The van der Waals surface area contributed by atoms with Gasteiger partial charge >= 0.3 is 12.4 Å². The zero-order chi connectivity index (χ0) is 13.3. The molecule has 0 aliphatic carbocycles. The number of nitrogens with two attached hydrogens (primary N) is 1. The van der Waals surface area contributed by atoms with Gasteiger partial charge in [0.25, 0.3) is 6.10 Å². The molecule has 0 radical (unpaired) electrons. The molecule has 0 fully saturated rings. The van der Waals surface area contributed by atoms with Crippen molar-refractivity contribution in [1.82, 2.24) is 4.98 Å². The van der Waals surface area contributed by atoms with Crippen molar-refractivity contribution in [2.45, 2.75) is 18.5 Å². The first kappa shape index (κ1) is 13.4. The number of alkyl halides is 6. The Kier molecular flexibility index (Phi) is 3.39. The molecule has 1 rings (SSSR count). The second kappa shape index (κ2) is 4.30. The monoisotopic (exact) mass is 260 g/mol. The highest BCUT2D eigenvalue weighted by Crippen LogP contribution is 2.36. The number of nitrogen functional groups attached to an aromatic ring is 1. The van der Waals surface area contributed by atoms with Crippen molar-refractivity contribution in [3.63, 3.8) is 0 Å². The quantitative estimate of drug-likeness (QED) is 0.831. The molecule has 1 heterocycles. The van der Waals surface area contributed by atoms with Gasteiger partial charge < -0.3 is 10.5 Å². The lowest BCUT2D eigenvalue weighted by atomic mass is 10.3. The third-order valence-corrected chi connectivity index (χ3v) is 1.58. The van der Waals surface area contributed by atoms with E-state index in [2.05, 4.69) is 9.72 Å². The summed E-state index contributed by atoms with van der Waals surface area (Å²) in [7, 11) is 0. The fraction of sp³-hybridized carbons (Fsp3) is 0.375. The highest BCUT2D eigenvalue weighted by atomic mass is 19.4. The van der Waals surface area contributed by atoms with Gasteiger partial charge in [-0.1, -0.05) is 6.07 Å². The van der Waals surface area contributed by atoms with E-state index in [1.807, 2.05) is 0 Å². The van der Waals surface area contributed by atoms with Crippen LogP contribution in [0.1, 0.15) is 0 Å².